The number of hydrogen-bond acceptors (Lipinski definition) is 2. The van der Waals surface area contributed by atoms with Gasteiger partial charge in [0.2, 0.25) is 0 Å². The molecule has 132 valence electrons. The van der Waals surface area contributed by atoms with Gasteiger partial charge in [-0.1, -0.05) is 46.6 Å². The Hall–Kier alpha value is -1.02. The molecule has 2 fully saturated rings. The summed E-state index contributed by atoms with van der Waals surface area (Å²) in [5.74, 6) is 0.515. The molecule has 1 aromatic carbocycles. The predicted molar refractivity (Wildman–Crippen MR) is 99.8 cm³/mol. The highest BCUT2D eigenvalue weighted by Crippen LogP contribution is 2.63. The first-order valence-electron chi connectivity index (χ1n) is 9.76. The lowest BCUT2D eigenvalue weighted by atomic mass is 9.44. The summed E-state index contributed by atoms with van der Waals surface area (Å²) in [5, 5.41) is 10.8. The van der Waals surface area contributed by atoms with Crippen molar-refractivity contribution in [1.29, 1.82) is 0 Å². The number of phenols is 1. The van der Waals surface area contributed by atoms with E-state index < -0.39 is 0 Å². The van der Waals surface area contributed by atoms with Crippen LogP contribution in [-0.4, -0.2) is 29.6 Å². The van der Waals surface area contributed by atoms with Crippen molar-refractivity contribution in [1.82, 2.24) is 4.90 Å². The molecule has 2 heteroatoms. The fourth-order valence-corrected chi connectivity index (χ4v) is 6.36. The van der Waals surface area contributed by atoms with E-state index in [0.717, 1.165) is 12.0 Å². The van der Waals surface area contributed by atoms with Crippen LogP contribution in [0.4, 0.5) is 0 Å². The van der Waals surface area contributed by atoms with E-state index in [0.29, 0.717) is 17.2 Å². The van der Waals surface area contributed by atoms with Crippen molar-refractivity contribution in [2.75, 3.05) is 13.6 Å². The molecule has 0 aromatic heterocycles. The lowest BCUT2D eigenvalue weighted by Crippen LogP contribution is -2.66. The molecule has 0 spiro atoms. The van der Waals surface area contributed by atoms with E-state index >= 15 is 0 Å². The summed E-state index contributed by atoms with van der Waals surface area (Å²) < 4.78 is 0. The molecule has 2 nitrogen and oxygen atoms in total. The Morgan fingerprint density at radius 1 is 1.12 bits per heavy atom. The zero-order valence-corrected chi connectivity index (χ0v) is 16.1. The highest BCUT2D eigenvalue weighted by Gasteiger charge is 2.60. The van der Waals surface area contributed by atoms with Gasteiger partial charge in [-0.15, -0.1) is 0 Å². The average Bonchev–Trinajstić information content (AvgIpc) is 2.50. The van der Waals surface area contributed by atoms with E-state index in [-0.39, 0.29) is 10.8 Å². The van der Waals surface area contributed by atoms with Crippen LogP contribution in [0.3, 0.4) is 0 Å². The predicted octanol–water partition coefficient (Wildman–Crippen LogP) is 4.77. The molecule has 1 aliphatic heterocycles. The van der Waals surface area contributed by atoms with Crippen LogP contribution in [0.15, 0.2) is 12.1 Å². The fourth-order valence-electron chi connectivity index (χ4n) is 6.36. The first-order chi connectivity index (χ1) is 11.2. The molecule has 3 aliphatic rings. The van der Waals surface area contributed by atoms with Crippen LogP contribution >= 0.6 is 0 Å². The van der Waals surface area contributed by atoms with Crippen LogP contribution < -0.4 is 0 Å². The minimum Gasteiger partial charge on any atom is -0.508 e. The first-order valence-corrected chi connectivity index (χ1v) is 9.76. The van der Waals surface area contributed by atoms with Gasteiger partial charge in [0.25, 0.3) is 0 Å². The van der Waals surface area contributed by atoms with Crippen molar-refractivity contribution in [2.24, 2.45) is 5.41 Å². The van der Waals surface area contributed by atoms with Crippen molar-refractivity contribution < 1.29 is 5.11 Å². The molecular weight excluding hydrogens is 294 g/mol. The summed E-state index contributed by atoms with van der Waals surface area (Å²) in [6.45, 7) is 10.3. The van der Waals surface area contributed by atoms with Crippen LogP contribution in [0.25, 0.3) is 0 Å². The van der Waals surface area contributed by atoms with Gasteiger partial charge >= 0.3 is 0 Å². The van der Waals surface area contributed by atoms with Gasteiger partial charge in [0.05, 0.1) is 0 Å². The molecule has 3 atom stereocenters. The number of phenolic OH excluding ortho intramolecular Hbond substituents is 1. The lowest BCUT2D eigenvalue weighted by Gasteiger charge is -2.65. The number of fused-ring (bicyclic) bond motifs is 1. The van der Waals surface area contributed by atoms with E-state index in [4.69, 9.17) is 0 Å². The molecule has 1 heterocycles. The molecule has 1 N–H and O–H groups in total. The summed E-state index contributed by atoms with van der Waals surface area (Å²) in [5.41, 5.74) is 4.74. The highest BCUT2D eigenvalue weighted by molar-refractivity contribution is 5.52. The number of piperidine rings is 1. The largest absolute Gasteiger partial charge is 0.508 e. The zero-order valence-electron chi connectivity index (χ0n) is 16.1. The third-order valence-electron chi connectivity index (χ3n) is 7.76. The van der Waals surface area contributed by atoms with E-state index in [2.05, 4.69) is 51.8 Å². The van der Waals surface area contributed by atoms with Crippen LogP contribution in [0.1, 0.15) is 76.5 Å². The second-order valence-corrected chi connectivity index (χ2v) is 9.93. The van der Waals surface area contributed by atoms with Crippen molar-refractivity contribution >= 4 is 0 Å². The summed E-state index contributed by atoms with van der Waals surface area (Å²) in [4.78, 5) is 2.62. The van der Waals surface area contributed by atoms with Crippen LogP contribution in [0.2, 0.25) is 0 Å². The Balaban J connectivity index is 1.94. The molecule has 1 aromatic rings. The number of hydrogen-bond donors (Lipinski definition) is 1. The lowest BCUT2D eigenvalue weighted by molar-refractivity contribution is -0.0736. The van der Waals surface area contributed by atoms with Crippen LogP contribution in [-0.2, 0) is 17.3 Å². The summed E-state index contributed by atoms with van der Waals surface area (Å²) >= 11 is 0. The van der Waals surface area contributed by atoms with Gasteiger partial charge in [-0.05, 0) is 72.9 Å². The van der Waals surface area contributed by atoms with Gasteiger partial charge in [0, 0.05) is 11.5 Å². The van der Waals surface area contributed by atoms with Gasteiger partial charge in [0.1, 0.15) is 5.75 Å². The molecule has 2 aliphatic carbocycles. The minimum absolute atomic E-state index is 0.00882. The molecule has 1 saturated carbocycles. The third kappa shape index (κ3) is 1.98. The Morgan fingerprint density at radius 2 is 1.83 bits per heavy atom. The first kappa shape index (κ1) is 16.4. The Bertz CT molecular complexity index is 673. The SMILES string of the molecule is CN1CC[C@@]23CCCC[C@]2(C)[C@@H]1Cc1cc(C(C)(C)C)c(O)cc13. The van der Waals surface area contributed by atoms with Gasteiger partial charge in [-0.3, -0.25) is 0 Å². The van der Waals surface area contributed by atoms with Gasteiger partial charge in [0.15, 0.2) is 0 Å². The molecule has 1 saturated heterocycles. The number of aromatic hydroxyl groups is 1. The van der Waals surface area contributed by atoms with Crippen LogP contribution in [0.5, 0.6) is 5.75 Å². The summed E-state index contributed by atoms with van der Waals surface area (Å²) in [6, 6.07) is 5.16. The van der Waals surface area contributed by atoms with Crippen molar-refractivity contribution in [3.05, 3.63) is 28.8 Å². The fraction of sp³-hybridized carbons (Fsp3) is 0.727. The van der Waals surface area contributed by atoms with Crippen LogP contribution in [0, 0.1) is 5.41 Å². The second kappa shape index (κ2) is 5.00. The van der Waals surface area contributed by atoms with E-state index in [1.165, 1.54) is 49.8 Å². The molecular formula is C22H33NO. The number of rotatable bonds is 0. The molecule has 0 amide bonds. The number of likely N-dealkylation sites (tertiary alicyclic amines) is 1. The highest BCUT2D eigenvalue weighted by atomic mass is 16.3. The second-order valence-electron chi connectivity index (χ2n) is 9.93. The average molecular weight is 328 g/mol. The van der Waals surface area contributed by atoms with Crippen molar-refractivity contribution in [3.8, 4) is 5.75 Å². The number of benzene rings is 1. The Labute approximate surface area is 147 Å². The normalized spacial score (nSPS) is 36.1. The Kier molecular flexibility index (Phi) is 3.43. The monoisotopic (exact) mass is 327 g/mol. The molecule has 0 radical (unpaired) electrons. The van der Waals surface area contributed by atoms with Gasteiger partial charge < -0.3 is 10.0 Å². The topological polar surface area (TPSA) is 23.5 Å². The van der Waals surface area contributed by atoms with Gasteiger partial charge in [-0.2, -0.15) is 0 Å². The Morgan fingerprint density at radius 3 is 2.54 bits per heavy atom. The zero-order chi connectivity index (χ0) is 17.3. The van der Waals surface area contributed by atoms with E-state index in [1.807, 2.05) is 0 Å². The maximum Gasteiger partial charge on any atom is 0.119 e. The third-order valence-corrected chi connectivity index (χ3v) is 7.76. The van der Waals surface area contributed by atoms with E-state index in [9.17, 15) is 5.11 Å². The maximum atomic E-state index is 10.8. The molecule has 2 bridgehead atoms. The van der Waals surface area contributed by atoms with Gasteiger partial charge in [-0.25, -0.2) is 0 Å². The minimum atomic E-state index is -0.00882. The van der Waals surface area contributed by atoms with Crippen molar-refractivity contribution in [3.63, 3.8) is 0 Å². The summed E-state index contributed by atoms with van der Waals surface area (Å²) in [6.07, 6.45) is 7.74. The smallest absolute Gasteiger partial charge is 0.119 e. The van der Waals surface area contributed by atoms with Crippen molar-refractivity contribution in [2.45, 2.75) is 83.1 Å². The molecule has 0 unspecified atom stereocenters. The standard InChI is InChI=1S/C22H33NO/c1-20(2,3)17-12-15-13-19-21(4)8-6-7-9-22(21,10-11-23(19)5)16(15)14-18(17)24/h12,14,19,24H,6-11,13H2,1-5H3/t19-,21+,22+/m0/s1. The molecule has 24 heavy (non-hydrogen) atoms. The quantitative estimate of drug-likeness (QED) is 0.742. The molecule has 4 rings (SSSR count). The maximum absolute atomic E-state index is 10.8. The number of nitrogens with zero attached hydrogens (tertiary/aromatic N) is 1. The van der Waals surface area contributed by atoms with E-state index in [1.54, 1.807) is 0 Å². The summed E-state index contributed by atoms with van der Waals surface area (Å²) in [7, 11) is 2.32. The number of likely N-dealkylation sites (N-methyl/N-ethyl adjacent to an activating group) is 1.